The van der Waals surface area contributed by atoms with Crippen molar-refractivity contribution in [1.29, 1.82) is 0 Å². The Morgan fingerprint density at radius 2 is 1.96 bits per heavy atom. The maximum absolute atomic E-state index is 5.45. The Kier molecular flexibility index (Phi) is 3.67. The molecule has 0 spiro atoms. The van der Waals surface area contributed by atoms with E-state index < -0.39 is 0 Å². The SMILES string of the molecule is CCc1sc2ncnc([CH]c3ccco3)c2c1-c1ccccc1. The summed E-state index contributed by atoms with van der Waals surface area (Å²) in [5, 5.41) is 1.11. The monoisotopic (exact) mass is 319 g/mol. The minimum absolute atomic E-state index is 0.799. The predicted molar refractivity (Wildman–Crippen MR) is 93.4 cm³/mol. The zero-order valence-corrected chi connectivity index (χ0v) is 13.5. The number of aromatic nitrogens is 2. The zero-order chi connectivity index (χ0) is 15.6. The van der Waals surface area contributed by atoms with Crippen LogP contribution in [0.25, 0.3) is 21.3 Å². The number of hydrogen-bond donors (Lipinski definition) is 0. The van der Waals surface area contributed by atoms with Crippen molar-refractivity contribution in [2.24, 2.45) is 0 Å². The maximum atomic E-state index is 5.45. The van der Waals surface area contributed by atoms with Gasteiger partial charge in [-0.3, -0.25) is 0 Å². The van der Waals surface area contributed by atoms with Crippen molar-refractivity contribution >= 4 is 21.6 Å². The average Bonchev–Trinajstić information content (AvgIpc) is 3.23. The number of nitrogens with zero attached hydrogens (tertiary/aromatic N) is 2. The lowest BCUT2D eigenvalue weighted by Gasteiger charge is -2.06. The predicted octanol–water partition coefficient (Wildman–Crippen LogP) is 5.11. The molecule has 0 saturated heterocycles. The molecule has 113 valence electrons. The van der Waals surface area contributed by atoms with E-state index in [2.05, 4.69) is 41.2 Å². The number of fused-ring (bicyclic) bond motifs is 1. The van der Waals surface area contributed by atoms with Crippen LogP contribution in [0.1, 0.15) is 23.3 Å². The molecule has 23 heavy (non-hydrogen) atoms. The van der Waals surface area contributed by atoms with Gasteiger partial charge in [0.2, 0.25) is 0 Å². The molecule has 4 heteroatoms. The van der Waals surface area contributed by atoms with Crippen LogP contribution in [0.3, 0.4) is 0 Å². The Hall–Kier alpha value is -2.46. The van der Waals surface area contributed by atoms with E-state index in [1.165, 1.54) is 16.0 Å². The standard InChI is InChI=1S/C19H15N2OS/c1-2-16-17(13-7-4-3-5-8-13)18-15(11-14-9-6-10-22-14)20-12-21-19(18)23-16/h3-12H,2H2,1H3. The largest absolute Gasteiger partial charge is 0.469 e. The Balaban J connectivity index is 1.96. The second kappa shape index (κ2) is 5.97. The molecule has 0 saturated carbocycles. The van der Waals surface area contributed by atoms with E-state index in [4.69, 9.17) is 4.42 Å². The molecule has 3 heterocycles. The van der Waals surface area contributed by atoms with Gasteiger partial charge in [0.05, 0.1) is 18.4 Å². The van der Waals surface area contributed by atoms with Crippen LogP contribution < -0.4 is 0 Å². The Morgan fingerprint density at radius 3 is 2.70 bits per heavy atom. The van der Waals surface area contributed by atoms with Gasteiger partial charge in [-0.2, -0.15) is 0 Å². The van der Waals surface area contributed by atoms with E-state index in [-0.39, 0.29) is 0 Å². The number of aryl methyl sites for hydroxylation is 1. The number of thiophene rings is 1. The first-order valence-corrected chi connectivity index (χ1v) is 8.38. The van der Waals surface area contributed by atoms with Crippen LogP contribution >= 0.6 is 11.3 Å². The fourth-order valence-electron chi connectivity index (χ4n) is 2.78. The number of rotatable bonds is 4. The van der Waals surface area contributed by atoms with Crippen LogP contribution in [-0.4, -0.2) is 9.97 Å². The van der Waals surface area contributed by atoms with Crippen LogP contribution in [0, 0.1) is 6.42 Å². The Labute approximate surface area is 138 Å². The number of benzene rings is 1. The molecule has 0 aliphatic rings. The zero-order valence-electron chi connectivity index (χ0n) is 12.7. The number of furan rings is 1. The molecule has 0 amide bonds. The van der Waals surface area contributed by atoms with Crippen molar-refractivity contribution in [1.82, 2.24) is 9.97 Å². The van der Waals surface area contributed by atoms with E-state index >= 15 is 0 Å². The van der Waals surface area contributed by atoms with E-state index in [0.29, 0.717) is 0 Å². The molecule has 0 aliphatic carbocycles. The van der Waals surface area contributed by atoms with Crippen molar-refractivity contribution in [3.05, 3.63) is 77.8 Å². The molecule has 1 radical (unpaired) electrons. The van der Waals surface area contributed by atoms with Gasteiger partial charge in [0, 0.05) is 15.8 Å². The minimum atomic E-state index is 0.799. The summed E-state index contributed by atoms with van der Waals surface area (Å²) in [5.41, 5.74) is 3.35. The van der Waals surface area contributed by atoms with E-state index in [9.17, 15) is 0 Å². The Morgan fingerprint density at radius 1 is 1.09 bits per heavy atom. The molecule has 0 bridgehead atoms. The highest BCUT2D eigenvalue weighted by Gasteiger charge is 2.18. The second-order valence-electron chi connectivity index (χ2n) is 5.22. The molecule has 0 unspecified atom stereocenters. The van der Waals surface area contributed by atoms with Gasteiger partial charge in [-0.1, -0.05) is 37.3 Å². The van der Waals surface area contributed by atoms with Gasteiger partial charge in [0.25, 0.3) is 0 Å². The molecule has 0 N–H and O–H groups in total. The lowest BCUT2D eigenvalue weighted by atomic mass is 10.00. The summed E-state index contributed by atoms with van der Waals surface area (Å²) in [6, 6.07) is 14.3. The third-order valence-corrected chi connectivity index (χ3v) is 5.04. The summed E-state index contributed by atoms with van der Waals surface area (Å²) in [7, 11) is 0. The van der Waals surface area contributed by atoms with Crippen molar-refractivity contribution in [2.45, 2.75) is 13.3 Å². The molecule has 0 aliphatic heterocycles. The van der Waals surface area contributed by atoms with Gasteiger partial charge in [0.1, 0.15) is 16.9 Å². The smallest absolute Gasteiger partial charge is 0.127 e. The Bertz CT molecular complexity index is 927. The fourth-order valence-corrected chi connectivity index (χ4v) is 3.89. The van der Waals surface area contributed by atoms with Crippen molar-refractivity contribution in [2.75, 3.05) is 0 Å². The first-order chi connectivity index (χ1) is 11.4. The highest BCUT2D eigenvalue weighted by Crippen LogP contribution is 2.40. The van der Waals surface area contributed by atoms with Gasteiger partial charge in [-0.05, 0) is 24.1 Å². The average molecular weight is 319 g/mol. The van der Waals surface area contributed by atoms with Gasteiger partial charge in [0.15, 0.2) is 0 Å². The summed E-state index contributed by atoms with van der Waals surface area (Å²) >= 11 is 1.74. The second-order valence-corrected chi connectivity index (χ2v) is 6.30. The highest BCUT2D eigenvalue weighted by atomic mass is 32.1. The molecule has 0 atom stereocenters. The van der Waals surface area contributed by atoms with Crippen molar-refractivity contribution < 1.29 is 4.42 Å². The van der Waals surface area contributed by atoms with Crippen molar-refractivity contribution in [3.63, 3.8) is 0 Å². The lowest BCUT2D eigenvalue weighted by molar-refractivity contribution is 0.542. The number of hydrogen-bond acceptors (Lipinski definition) is 4. The minimum Gasteiger partial charge on any atom is -0.469 e. The van der Waals surface area contributed by atoms with Gasteiger partial charge in [-0.25, -0.2) is 9.97 Å². The molecular formula is C19H15N2OS. The fraction of sp³-hybridized carbons (Fsp3) is 0.105. The van der Waals surface area contributed by atoms with Crippen LogP contribution in [0.4, 0.5) is 0 Å². The van der Waals surface area contributed by atoms with Crippen LogP contribution in [-0.2, 0) is 6.42 Å². The highest BCUT2D eigenvalue weighted by molar-refractivity contribution is 7.19. The quantitative estimate of drug-likeness (QED) is 0.524. The first-order valence-electron chi connectivity index (χ1n) is 7.57. The summed E-state index contributed by atoms with van der Waals surface area (Å²) in [6.45, 7) is 2.18. The first kappa shape index (κ1) is 14.2. The molecule has 4 rings (SSSR count). The van der Waals surface area contributed by atoms with Crippen LogP contribution in [0.2, 0.25) is 0 Å². The molecule has 3 nitrogen and oxygen atoms in total. The summed E-state index contributed by atoms with van der Waals surface area (Å²) < 4.78 is 5.45. The van der Waals surface area contributed by atoms with Gasteiger partial charge < -0.3 is 4.42 Å². The molecule has 0 fully saturated rings. The lowest BCUT2D eigenvalue weighted by Crippen LogP contribution is -1.92. The maximum Gasteiger partial charge on any atom is 0.127 e. The van der Waals surface area contributed by atoms with E-state index in [0.717, 1.165) is 28.1 Å². The normalized spacial score (nSPS) is 11.2. The molecule has 4 aromatic rings. The topological polar surface area (TPSA) is 38.9 Å². The van der Waals surface area contributed by atoms with Gasteiger partial charge in [-0.15, -0.1) is 11.3 Å². The third-order valence-electron chi connectivity index (χ3n) is 3.80. The summed E-state index contributed by atoms with van der Waals surface area (Å²) in [5.74, 6) is 0.799. The van der Waals surface area contributed by atoms with E-state index in [1.807, 2.05) is 24.6 Å². The molecular weight excluding hydrogens is 304 g/mol. The third kappa shape index (κ3) is 2.55. The van der Waals surface area contributed by atoms with E-state index in [1.54, 1.807) is 23.9 Å². The molecule has 3 aromatic heterocycles. The summed E-state index contributed by atoms with van der Waals surface area (Å²) in [6.07, 6.45) is 6.25. The summed E-state index contributed by atoms with van der Waals surface area (Å²) in [4.78, 5) is 11.3. The van der Waals surface area contributed by atoms with Gasteiger partial charge >= 0.3 is 0 Å². The van der Waals surface area contributed by atoms with Crippen molar-refractivity contribution in [3.8, 4) is 11.1 Å². The van der Waals surface area contributed by atoms with Crippen LogP contribution in [0.15, 0.2) is 59.5 Å². The molecule has 1 aromatic carbocycles. The van der Waals surface area contributed by atoms with Crippen LogP contribution in [0.5, 0.6) is 0 Å².